The van der Waals surface area contributed by atoms with Gasteiger partial charge >= 0.3 is 5.97 Å². The van der Waals surface area contributed by atoms with E-state index in [0.29, 0.717) is 18.4 Å². The highest BCUT2D eigenvalue weighted by Gasteiger charge is 2.24. The number of rotatable bonds is 17. The minimum atomic E-state index is -0.678. The highest BCUT2D eigenvalue weighted by Crippen LogP contribution is 2.32. The van der Waals surface area contributed by atoms with Crippen LogP contribution in [0.25, 0.3) is 0 Å². The average molecular weight is 456 g/mol. The van der Waals surface area contributed by atoms with E-state index in [0.717, 1.165) is 38.0 Å². The molecule has 1 aromatic carbocycles. The smallest absolute Gasteiger partial charge is 0.303 e. The van der Waals surface area contributed by atoms with Crippen molar-refractivity contribution in [2.45, 2.75) is 103 Å². The third kappa shape index (κ3) is 11.9. The quantitative estimate of drug-likeness (QED) is 0.236. The van der Waals surface area contributed by atoms with E-state index in [9.17, 15) is 9.90 Å². The van der Waals surface area contributed by atoms with Crippen molar-refractivity contribution in [1.82, 2.24) is 0 Å². The molecule has 0 saturated heterocycles. The molecular formula is C30H49NO2. The maximum Gasteiger partial charge on any atom is 0.303 e. The Hall–Kier alpha value is -1.61. The summed E-state index contributed by atoms with van der Waals surface area (Å²) >= 11 is 0. The molecule has 1 aliphatic carbocycles. The fraction of sp³-hybridized carbons (Fsp3) is 0.700. The number of hydrogen-bond acceptors (Lipinski definition) is 2. The number of aryl methyl sites for hydroxylation is 1. The van der Waals surface area contributed by atoms with Crippen LogP contribution in [0.2, 0.25) is 0 Å². The third-order valence-electron chi connectivity index (χ3n) is 7.91. The Morgan fingerprint density at radius 2 is 1.79 bits per heavy atom. The summed E-state index contributed by atoms with van der Waals surface area (Å²) in [5, 5.41) is 9.54. The van der Waals surface area contributed by atoms with E-state index in [1.807, 2.05) is 6.07 Å². The zero-order chi connectivity index (χ0) is 23.7. The SMILES string of the molecule is CC[C@@H](C/C=C\CCC1CCCCC1)CC[C@H](CCN)[C@H](CCc1ccccc1)CC(=O)O. The molecule has 1 saturated carbocycles. The summed E-state index contributed by atoms with van der Waals surface area (Å²) in [6.07, 6.45) is 22.3. The van der Waals surface area contributed by atoms with Gasteiger partial charge in [-0.05, 0) is 87.1 Å². The summed E-state index contributed by atoms with van der Waals surface area (Å²) in [7, 11) is 0. The normalized spacial score (nSPS) is 17.8. The molecule has 0 amide bonds. The molecule has 2 rings (SSSR count). The fourth-order valence-electron chi connectivity index (χ4n) is 5.71. The van der Waals surface area contributed by atoms with Crippen LogP contribution in [0.15, 0.2) is 42.5 Å². The highest BCUT2D eigenvalue weighted by atomic mass is 16.4. The van der Waals surface area contributed by atoms with Gasteiger partial charge in [0.25, 0.3) is 0 Å². The van der Waals surface area contributed by atoms with E-state index >= 15 is 0 Å². The second-order valence-corrected chi connectivity index (χ2v) is 10.4. The second kappa shape index (κ2) is 16.9. The molecule has 0 unspecified atom stereocenters. The van der Waals surface area contributed by atoms with Crippen LogP contribution < -0.4 is 5.73 Å². The Labute approximate surface area is 203 Å². The van der Waals surface area contributed by atoms with Crippen LogP contribution in [0.3, 0.4) is 0 Å². The number of carboxylic acid groups (broad SMARTS) is 1. The number of carboxylic acids is 1. The number of carbonyl (C=O) groups is 1. The van der Waals surface area contributed by atoms with Gasteiger partial charge in [-0.25, -0.2) is 0 Å². The first-order valence-corrected chi connectivity index (χ1v) is 13.7. The molecule has 0 heterocycles. The molecule has 1 fully saturated rings. The predicted molar refractivity (Wildman–Crippen MR) is 140 cm³/mol. The monoisotopic (exact) mass is 455 g/mol. The van der Waals surface area contributed by atoms with Gasteiger partial charge in [0.05, 0.1) is 0 Å². The van der Waals surface area contributed by atoms with E-state index in [-0.39, 0.29) is 12.3 Å². The average Bonchev–Trinajstić information content (AvgIpc) is 2.83. The van der Waals surface area contributed by atoms with E-state index in [4.69, 9.17) is 5.73 Å². The van der Waals surface area contributed by atoms with Crippen molar-refractivity contribution in [1.29, 1.82) is 0 Å². The second-order valence-electron chi connectivity index (χ2n) is 10.4. The molecule has 1 aromatic rings. The lowest BCUT2D eigenvalue weighted by Gasteiger charge is -2.27. The van der Waals surface area contributed by atoms with Crippen molar-refractivity contribution < 1.29 is 9.90 Å². The zero-order valence-corrected chi connectivity index (χ0v) is 21.1. The zero-order valence-electron chi connectivity index (χ0n) is 21.1. The summed E-state index contributed by atoms with van der Waals surface area (Å²) in [6, 6.07) is 10.4. The summed E-state index contributed by atoms with van der Waals surface area (Å²) in [5.74, 6) is 1.58. The molecule has 3 heteroatoms. The van der Waals surface area contributed by atoms with Crippen LogP contribution in [0.5, 0.6) is 0 Å². The molecule has 1 aliphatic rings. The van der Waals surface area contributed by atoms with Gasteiger partial charge in [-0.3, -0.25) is 4.79 Å². The Balaban J connectivity index is 1.81. The number of aliphatic carboxylic acids is 1. The van der Waals surface area contributed by atoms with Gasteiger partial charge in [0.15, 0.2) is 0 Å². The van der Waals surface area contributed by atoms with Gasteiger partial charge in [0.1, 0.15) is 0 Å². The number of nitrogens with two attached hydrogens (primary N) is 1. The molecule has 3 N–H and O–H groups in total. The van der Waals surface area contributed by atoms with Crippen molar-refractivity contribution in [3.8, 4) is 0 Å². The Morgan fingerprint density at radius 3 is 2.45 bits per heavy atom. The van der Waals surface area contributed by atoms with Crippen molar-refractivity contribution in [3.05, 3.63) is 48.0 Å². The summed E-state index contributed by atoms with van der Waals surface area (Å²) in [5.41, 5.74) is 7.26. The van der Waals surface area contributed by atoms with Crippen molar-refractivity contribution in [2.75, 3.05) is 6.54 Å². The summed E-state index contributed by atoms with van der Waals surface area (Å²) in [4.78, 5) is 11.6. The largest absolute Gasteiger partial charge is 0.481 e. The fourth-order valence-corrected chi connectivity index (χ4v) is 5.71. The van der Waals surface area contributed by atoms with E-state index in [1.54, 1.807) is 0 Å². The van der Waals surface area contributed by atoms with Gasteiger partial charge in [0, 0.05) is 6.42 Å². The molecule has 0 bridgehead atoms. The maximum atomic E-state index is 11.6. The van der Waals surface area contributed by atoms with Gasteiger partial charge in [-0.1, -0.05) is 87.9 Å². The van der Waals surface area contributed by atoms with Gasteiger partial charge in [0.2, 0.25) is 0 Å². The first kappa shape index (κ1) is 27.6. The van der Waals surface area contributed by atoms with Gasteiger partial charge in [-0.2, -0.15) is 0 Å². The molecule has 0 aliphatic heterocycles. The van der Waals surface area contributed by atoms with Crippen molar-refractivity contribution in [3.63, 3.8) is 0 Å². The summed E-state index contributed by atoms with van der Waals surface area (Å²) < 4.78 is 0. The predicted octanol–water partition coefficient (Wildman–Crippen LogP) is 7.79. The van der Waals surface area contributed by atoms with E-state index in [2.05, 4.69) is 43.3 Å². The first-order valence-electron chi connectivity index (χ1n) is 13.7. The summed E-state index contributed by atoms with van der Waals surface area (Å²) in [6.45, 7) is 2.94. The molecule has 0 spiro atoms. The Bertz CT molecular complexity index is 651. The number of benzene rings is 1. The molecule has 3 nitrogen and oxygen atoms in total. The Morgan fingerprint density at radius 1 is 1.03 bits per heavy atom. The number of hydrogen-bond donors (Lipinski definition) is 2. The van der Waals surface area contributed by atoms with Crippen LogP contribution in [-0.2, 0) is 11.2 Å². The third-order valence-corrected chi connectivity index (χ3v) is 7.91. The molecule has 33 heavy (non-hydrogen) atoms. The topological polar surface area (TPSA) is 63.3 Å². The molecule has 186 valence electrons. The van der Waals surface area contributed by atoms with Crippen LogP contribution in [0.4, 0.5) is 0 Å². The first-order chi connectivity index (χ1) is 16.1. The minimum absolute atomic E-state index is 0.204. The standard InChI is InChI=1S/C30H49NO2/c1-2-25(12-6-3-7-13-26-14-8-4-9-15-26)18-20-28(22-23-31)29(24-30(32)33)21-19-27-16-10-5-11-17-27/h3,5-6,10-11,16-17,25-26,28-29H,2,4,7-9,12-15,18-24,31H2,1H3,(H,32,33)/b6-3-/t25-,28+,29+/m0/s1. The maximum absolute atomic E-state index is 11.6. The molecule has 3 atom stereocenters. The lowest BCUT2D eigenvalue weighted by atomic mass is 9.78. The number of allylic oxidation sites excluding steroid dienone is 2. The Kier molecular flexibility index (Phi) is 14.2. The van der Waals surface area contributed by atoms with Crippen molar-refractivity contribution >= 4 is 5.97 Å². The van der Waals surface area contributed by atoms with Gasteiger partial charge < -0.3 is 10.8 Å². The van der Waals surface area contributed by atoms with Crippen LogP contribution in [0.1, 0.15) is 102 Å². The van der Waals surface area contributed by atoms with Crippen LogP contribution in [-0.4, -0.2) is 17.6 Å². The molecular weight excluding hydrogens is 406 g/mol. The lowest BCUT2D eigenvalue weighted by molar-refractivity contribution is -0.138. The van der Waals surface area contributed by atoms with E-state index in [1.165, 1.54) is 63.4 Å². The lowest BCUT2D eigenvalue weighted by Crippen LogP contribution is -2.23. The minimum Gasteiger partial charge on any atom is -0.481 e. The van der Waals surface area contributed by atoms with Crippen LogP contribution >= 0.6 is 0 Å². The molecule has 0 aromatic heterocycles. The van der Waals surface area contributed by atoms with Gasteiger partial charge in [-0.15, -0.1) is 0 Å². The van der Waals surface area contributed by atoms with Crippen molar-refractivity contribution in [2.24, 2.45) is 29.4 Å². The molecule has 0 radical (unpaired) electrons. The van der Waals surface area contributed by atoms with Crippen LogP contribution in [0, 0.1) is 23.7 Å². The van der Waals surface area contributed by atoms with E-state index < -0.39 is 5.97 Å². The highest BCUT2D eigenvalue weighted by molar-refractivity contribution is 5.67.